The van der Waals surface area contributed by atoms with Gasteiger partial charge < -0.3 is 19.8 Å². The third kappa shape index (κ3) is 5.20. The molecule has 0 bridgehead atoms. The lowest BCUT2D eigenvalue weighted by Crippen LogP contribution is -2.50. The van der Waals surface area contributed by atoms with Gasteiger partial charge in [0, 0.05) is 68.1 Å². The number of carbonyl (C=O) groups is 2. The highest BCUT2D eigenvalue weighted by Crippen LogP contribution is 2.36. The zero-order valence-electron chi connectivity index (χ0n) is 21.2. The van der Waals surface area contributed by atoms with Gasteiger partial charge in [-0.1, -0.05) is 23.7 Å². The number of amides is 1. The highest BCUT2D eigenvalue weighted by atomic mass is 35.5. The lowest BCUT2D eigenvalue weighted by molar-refractivity contribution is -0.612. The predicted octanol–water partition coefficient (Wildman–Crippen LogP) is 3.50. The third-order valence-corrected chi connectivity index (χ3v) is 8.70. The van der Waals surface area contributed by atoms with E-state index in [9.17, 15) is 23.2 Å². The van der Waals surface area contributed by atoms with Crippen LogP contribution in [0.1, 0.15) is 23.0 Å². The van der Waals surface area contributed by atoms with Crippen LogP contribution in [0.5, 0.6) is 5.75 Å². The molecule has 1 fully saturated rings. The number of hydrogen-bond donors (Lipinski definition) is 1. The average molecular weight is 569 g/mol. The van der Waals surface area contributed by atoms with Gasteiger partial charge in [-0.2, -0.15) is 9.04 Å². The van der Waals surface area contributed by atoms with Crippen LogP contribution in [0.2, 0.25) is 5.02 Å². The lowest BCUT2D eigenvalue weighted by Gasteiger charge is -2.33. The fraction of sp³-hybridized carbons (Fsp3) is 0.222. The Balaban J connectivity index is 1.31. The van der Waals surface area contributed by atoms with Crippen molar-refractivity contribution in [2.75, 3.05) is 26.2 Å². The Morgan fingerprint density at radius 3 is 2.33 bits per heavy atom. The van der Waals surface area contributed by atoms with Gasteiger partial charge in [-0.15, -0.1) is 0 Å². The van der Waals surface area contributed by atoms with E-state index in [4.69, 9.17) is 16.3 Å². The maximum atomic E-state index is 13.6. The number of nitrogens with one attached hydrogen (secondary N) is 1. The first-order valence-electron chi connectivity index (χ1n) is 12.1. The molecular formula is C27H25ClN4O6S. The van der Waals surface area contributed by atoms with E-state index in [1.54, 1.807) is 48.2 Å². The number of benzene rings is 2. The number of halogens is 1. The molecule has 1 saturated heterocycles. The van der Waals surface area contributed by atoms with Gasteiger partial charge in [0.15, 0.2) is 22.7 Å². The van der Waals surface area contributed by atoms with E-state index in [0.29, 0.717) is 27.2 Å². The average Bonchev–Trinajstić information content (AvgIpc) is 3.27. The van der Waals surface area contributed by atoms with Crippen molar-refractivity contribution in [2.45, 2.75) is 18.9 Å². The van der Waals surface area contributed by atoms with Crippen molar-refractivity contribution in [2.24, 2.45) is 0 Å². The SMILES string of the molecule is CC(=O)Oc1c(S(=O)(=O)N2CCN(C(=O)c3ccc(-c4cc[n+]([O-])c(C)c4)cc3)CC2)[nH]c2ccc(Cl)cc12. The summed E-state index contributed by atoms with van der Waals surface area (Å²) in [6.45, 7) is 3.44. The first-order chi connectivity index (χ1) is 18.5. The van der Waals surface area contributed by atoms with Crippen molar-refractivity contribution in [1.82, 2.24) is 14.2 Å². The number of aromatic amines is 1. The van der Waals surface area contributed by atoms with Gasteiger partial charge in [0.25, 0.3) is 15.9 Å². The van der Waals surface area contributed by atoms with E-state index >= 15 is 0 Å². The minimum Gasteiger partial charge on any atom is -0.619 e. The van der Waals surface area contributed by atoms with Crippen LogP contribution in [-0.4, -0.2) is 60.7 Å². The lowest BCUT2D eigenvalue weighted by atomic mass is 10.0. The van der Waals surface area contributed by atoms with E-state index in [0.717, 1.165) is 15.9 Å². The molecule has 0 radical (unpaired) electrons. The summed E-state index contributed by atoms with van der Waals surface area (Å²) < 4.78 is 34.4. The molecule has 4 aromatic rings. The van der Waals surface area contributed by atoms with Crippen LogP contribution in [0.4, 0.5) is 0 Å². The minimum absolute atomic E-state index is 0.0697. The minimum atomic E-state index is -4.07. The van der Waals surface area contributed by atoms with Crippen LogP contribution in [-0.2, 0) is 14.8 Å². The summed E-state index contributed by atoms with van der Waals surface area (Å²) in [6.07, 6.45) is 1.44. The zero-order valence-corrected chi connectivity index (χ0v) is 22.8. The molecule has 1 aliphatic rings. The summed E-state index contributed by atoms with van der Waals surface area (Å²) in [7, 11) is -4.07. The maximum Gasteiger partial charge on any atom is 0.308 e. The molecule has 0 saturated carbocycles. The Hall–Kier alpha value is -3.93. The van der Waals surface area contributed by atoms with Crippen LogP contribution in [0.3, 0.4) is 0 Å². The highest BCUT2D eigenvalue weighted by molar-refractivity contribution is 7.89. The molecule has 2 aromatic carbocycles. The molecule has 12 heteroatoms. The number of ether oxygens (including phenoxy) is 1. The van der Waals surface area contributed by atoms with Gasteiger partial charge in [0.2, 0.25) is 0 Å². The summed E-state index contributed by atoms with van der Waals surface area (Å²) >= 11 is 6.08. The van der Waals surface area contributed by atoms with Crippen molar-refractivity contribution in [3.63, 3.8) is 0 Å². The fourth-order valence-electron chi connectivity index (χ4n) is 4.57. The highest BCUT2D eigenvalue weighted by Gasteiger charge is 2.35. The van der Waals surface area contributed by atoms with E-state index in [2.05, 4.69) is 4.98 Å². The molecule has 1 aliphatic heterocycles. The topological polar surface area (TPSA) is 127 Å². The molecule has 0 aliphatic carbocycles. The molecule has 2 aromatic heterocycles. The summed E-state index contributed by atoms with van der Waals surface area (Å²) in [4.78, 5) is 29.3. The number of aromatic nitrogens is 2. The van der Waals surface area contributed by atoms with Crippen molar-refractivity contribution >= 4 is 44.4 Å². The van der Waals surface area contributed by atoms with Crippen molar-refractivity contribution in [3.05, 3.63) is 82.3 Å². The molecule has 202 valence electrons. The Kier molecular flexibility index (Phi) is 7.06. The molecular weight excluding hydrogens is 544 g/mol. The van der Waals surface area contributed by atoms with Crippen LogP contribution in [0.15, 0.2) is 65.8 Å². The van der Waals surface area contributed by atoms with E-state index < -0.39 is 16.0 Å². The molecule has 0 spiro atoms. The van der Waals surface area contributed by atoms with Gasteiger partial charge in [-0.05, 0) is 41.5 Å². The van der Waals surface area contributed by atoms with E-state index in [1.165, 1.54) is 23.5 Å². The summed E-state index contributed by atoms with van der Waals surface area (Å²) in [5.74, 6) is -0.969. The summed E-state index contributed by atoms with van der Waals surface area (Å²) in [6, 6.07) is 15.3. The molecule has 1 N–H and O–H groups in total. The first-order valence-corrected chi connectivity index (χ1v) is 14.0. The third-order valence-electron chi connectivity index (χ3n) is 6.62. The molecule has 1 amide bonds. The number of aryl methyl sites for hydroxylation is 1. The quantitative estimate of drug-likeness (QED) is 0.223. The Bertz CT molecular complexity index is 1690. The maximum absolute atomic E-state index is 13.6. The molecule has 0 atom stereocenters. The van der Waals surface area contributed by atoms with Gasteiger partial charge in [-0.25, -0.2) is 8.42 Å². The number of nitrogens with zero attached hydrogens (tertiary/aromatic N) is 3. The Morgan fingerprint density at radius 1 is 1.00 bits per heavy atom. The molecule has 39 heavy (non-hydrogen) atoms. The smallest absolute Gasteiger partial charge is 0.308 e. The van der Waals surface area contributed by atoms with Crippen LogP contribution in [0.25, 0.3) is 22.0 Å². The van der Waals surface area contributed by atoms with Gasteiger partial charge in [0.05, 0.1) is 5.52 Å². The molecule has 5 rings (SSSR count). The Morgan fingerprint density at radius 2 is 1.69 bits per heavy atom. The number of piperazine rings is 1. The van der Waals surface area contributed by atoms with E-state index in [1.807, 2.05) is 12.1 Å². The number of esters is 1. The fourth-order valence-corrected chi connectivity index (χ4v) is 6.27. The second kappa shape index (κ2) is 10.3. The first kappa shape index (κ1) is 26.7. The second-order valence-corrected chi connectivity index (χ2v) is 11.5. The normalized spacial score (nSPS) is 14.5. The van der Waals surface area contributed by atoms with Crippen molar-refractivity contribution < 1.29 is 27.5 Å². The number of sulfonamides is 1. The van der Waals surface area contributed by atoms with Gasteiger partial charge >= 0.3 is 5.97 Å². The number of rotatable bonds is 5. The molecule has 0 unspecified atom stereocenters. The van der Waals surface area contributed by atoms with Gasteiger partial charge in [-0.3, -0.25) is 9.59 Å². The monoisotopic (exact) mass is 568 g/mol. The summed E-state index contributed by atoms with van der Waals surface area (Å²) in [5.41, 5.74) is 3.24. The Labute approximate surface area is 230 Å². The van der Waals surface area contributed by atoms with Crippen LogP contribution < -0.4 is 9.47 Å². The number of fused-ring (bicyclic) bond motifs is 1. The largest absolute Gasteiger partial charge is 0.619 e. The van der Waals surface area contributed by atoms with Gasteiger partial charge in [0.1, 0.15) is 0 Å². The summed E-state index contributed by atoms with van der Waals surface area (Å²) in [5, 5.41) is 12.1. The number of H-pyrrole nitrogens is 1. The van der Waals surface area contributed by atoms with E-state index in [-0.39, 0.29) is 42.9 Å². The van der Waals surface area contributed by atoms with Crippen LogP contribution >= 0.6 is 11.6 Å². The second-order valence-electron chi connectivity index (χ2n) is 9.22. The number of pyridine rings is 1. The number of carbonyl (C=O) groups excluding carboxylic acids is 2. The standard InChI is InChI=1S/C27H25ClN4O6S/c1-17-15-21(9-10-32(17)35)19-3-5-20(6-4-19)27(34)30-11-13-31(14-12-30)39(36,37)26-25(38-18(2)33)23-16-22(28)7-8-24(23)29-26/h3-10,15-16,29H,11-14H2,1-2H3. The zero-order chi connectivity index (χ0) is 27.9. The molecule has 10 nitrogen and oxygen atoms in total. The van der Waals surface area contributed by atoms with Crippen molar-refractivity contribution in [1.29, 1.82) is 0 Å². The molecule has 3 heterocycles. The predicted molar refractivity (Wildman–Crippen MR) is 145 cm³/mol. The van der Waals surface area contributed by atoms with Crippen LogP contribution in [0, 0.1) is 12.1 Å². The number of hydrogen-bond acceptors (Lipinski definition) is 6. The van der Waals surface area contributed by atoms with Crippen molar-refractivity contribution in [3.8, 4) is 16.9 Å².